The van der Waals surface area contributed by atoms with Crippen LogP contribution in [0.4, 0.5) is 5.69 Å². The van der Waals surface area contributed by atoms with Gasteiger partial charge in [0.2, 0.25) is 0 Å². The van der Waals surface area contributed by atoms with E-state index in [-0.39, 0.29) is 10.6 Å². The number of carbonyl (C=O) groups excluding carboxylic acids is 1. The number of hydrazone groups is 1. The molecule has 0 aliphatic carbocycles. The van der Waals surface area contributed by atoms with Crippen LogP contribution < -0.4 is 15.4 Å². The summed E-state index contributed by atoms with van der Waals surface area (Å²) in [4.78, 5) is 12.5. The number of carbonyl (C=O) groups is 1. The van der Waals surface area contributed by atoms with Crippen molar-refractivity contribution >= 4 is 29.0 Å². The van der Waals surface area contributed by atoms with Crippen molar-refractivity contribution in [3.05, 3.63) is 28.8 Å². The van der Waals surface area contributed by atoms with Crippen LogP contribution >= 0.6 is 11.6 Å². The smallest absolute Gasteiger partial charge is 0.0824 e. The van der Waals surface area contributed by atoms with Gasteiger partial charge >= 0.3 is 0 Å². The molecule has 2 rings (SSSR count). The SMILES string of the molecule is CC[NH+]1CCC(=NNc2ccc(Cl)c(C(=O)[O-])c2)CC1. The van der Waals surface area contributed by atoms with Gasteiger partial charge in [0.15, 0.2) is 0 Å². The molecule has 6 heteroatoms. The number of benzene rings is 1. The summed E-state index contributed by atoms with van der Waals surface area (Å²) in [7, 11) is 0. The number of anilines is 1. The molecule has 0 atom stereocenters. The number of nitrogens with one attached hydrogen (secondary N) is 2. The first kappa shape index (κ1) is 14.8. The number of carboxylic acids is 1. The maximum atomic E-state index is 10.9. The molecule has 2 N–H and O–H groups in total. The fraction of sp³-hybridized carbons (Fsp3) is 0.429. The van der Waals surface area contributed by atoms with Crippen LogP contribution in [0.3, 0.4) is 0 Å². The first-order chi connectivity index (χ1) is 9.60. The van der Waals surface area contributed by atoms with E-state index in [1.165, 1.54) is 12.1 Å². The molecule has 1 aromatic carbocycles. The molecular weight excluding hydrogens is 278 g/mol. The van der Waals surface area contributed by atoms with Crippen LogP contribution in [-0.2, 0) is 0 Å². The van der Waals surface area contributed by atoms with E-state index in [0.29, 0.717) is 5.69 Å². The van der Waals surface area contributed by atoms with Crippen LogP contribution in [0.2, 0.25) is 5.02 Å². The van der Waals surface area contributed by atoms with E-state index in [0.717, 1.165) is 38.2 Å². The van der Waals surface area contributed by atoms with E-state index in [9.17, 15) is 9.90 Å². The minimum atomic E-state index is -1.29. The lowest BCUT2D eigenvalue weighted by molar-refractivity contribution is -0.899. The molecule has 1 saturated heterocycles. The van der Waals surface area contributed by atoms with Crippen molar-refractivity contribution in [2.24, 2.45) is 5.10 Å². The fourth-order valence-electron chi connectivity index (χ4n) is 2.25. The highest BCUT2D eigenvalue weighted by atomic mass is 35.5. The van der Waals surface area contributed by atoms with Gasteiger partial charge in [-0.2, -0.15) is 5.10 Å². The number of carboxylic acid groups (broad SMARTS) is 1. The summed E-state index contributed by atoms with van der Waals surface area (Å²) in [6.45, 7) is 5.53. The molecule has 1 heterocycles. The van der Waals surface area contributed by atoms with Gasteiger partial charge in [0.25, 0.3) is 0 Å². The zero-order valence-electron chi connectivity index (χ0n) is 11.4. The Morgan fingerprint density at radius 2 is 2.15 bits per heavy atom. The predicted octanol–water partition coefficient (Wildman–Crippen LogP) is 0.170. The standard InChI is InChI=1S/C14H18ClN3O2/c1-2-18-7-5-10(6-8-18)16-17-11-3-4-13(15)12(9-11)14(19)20/h3-4,9,17H,2,5-8H2,1H3,(H,19,20). The first-order valence-electron chi connectivity index (χ1n) is 6.76. The van der Waals surface area contributed by atoms with Crippen LogP contribution in [0.25, 0.3) is 0 Å². The molecule has 1 aliphatic heterocycles. The van der Waals surface area contributed by atoms with Gasteiger partial charge in [-0.15, -0.1) is 0 Å². The minimum Gasteiger partial charge on any atom is -0.545 e. The van der Waals surface area contributed by atoms with Crippen molar-refractivity contribution in [1.82, 2.24) is 0 Å². The lowest BCUT2D eigenvalue weighted by Crippen LogP contribution is -3.12. The topological polar surface area (TPSA) is 69.0 Å². The molecule has 108 valence electrons. The van der Waals surface area contributed by atoms with Crippen molar-refractivity contribution in [2.45, 2.75) is 19.8 Å². The molecule has 1 aliphatic rings. The second kappa shape index (κ2) is 6.72. The molecule has 0 saturated carbocycles. The number of quaternary nitrogens is 1. The Balaban J connectivity index is 2.01. The molecule has 0 unspecified atom stereocenters. The number of hydrogen-bond donors (Lipinski definition) is 2. The van der Waals surface area contributed by atoms with E-state index in [1.807, 2.05) is 0 Å². The van der Waals surface area contributed by atoms with Gasteiger partial charge in [-0.1, -0.05) is 11.6 Å². The second-order valence-electron chi connectivity index (χ2n) is 4.88. The average Bonchev–Trinajstić information content (AvgIpc) is 2.46. The molecule has 1 aromatic rings. The Morgan fingerprint density at radius 1 is 1.45 bits per heavy atom. The van der Waals surface area contributed by atoms with Crippen molar-refractivity contribution in [2.75, 3.05) is 25.1 Å². The van der Waals surface area contributed by atoms with Gasteiger partial charge < -0.3 is 14.8 Å². The molecule has 20 heavy (non-hydrogen) atoms. The van der Waals surface area contributed by atoms with Crippen molar-refractivity contribution in [3.63, 3.8) is 0 Å². The third kappa shape index (κ3) is 3.71. The van der Waals surface area contributed by atoms with E-state index >= 15 is 0 Å². The van der Waals surface area contributed by atoms with Crippen LogP contribution in [0.5, 0.6) is 0 Å². The molecular formula is C14H18ClN3O2. The monoisotopic (exact) mass is 295 g/mol. The average molecular weight is 296 g/mol. The minimum absolute atomic E-state index is 0.0258. The maximum Gasteiger partial charge on any atom is 0.0824 e. The highest BCUT2D eigenvalue weighted by Crippen LogP contribution is 2.20. The normalized spacial score (nSPS) is 18.7. The summed E-state index contributed by atoms with van der Waals surface area (Å²) in [6.07, 6.45) is 1.94. The molecule has 5 nitrogen and oxygen atoms in total. The summed E-state index contributed by atoms with van der Waals surface area (Å²) in [5.74, 6) is -1.29. The third-order valence-corrected chi connectivity index (χ3v) is 3.89. The zero-order valence-corrected chi connectivity index (χ0v) is 12.2. The van der Waals surface area contributed by atoms with E-state index in [4.69, 9.17) is 11.6 Å². The van der Waals surface area contributed by atoms with Crippen molar-refractivity contribution in [3.8, 4) is 0 Å². The Hall–Kier alpha value is -1.59. The van der Waals surface area contributed by atoms with Crippen molar-refractivity contribution in [1.29, 1.82) is 0 Å². The van der Waals surface area contributed by atoms with Crippen LogP contribution in [-0.4, -0.2) is 31.3 Å². The van der Waals surface area contributed by atoms with Crippen LogP contribution in [0.1, 0.15) is 30.1 Å². The molecule has 0 radical (unpaired) electrons. The summed E-state index contributed by atoms with van der Waals surface area (Å²) in [5, 5.41) is 15.4. The number of likely N-dealkylation sites (tertiary alicyclic amines) is 1. The second-order valence-corrected chi connectivity index (χ2v) is 5.28. The Labute approximate surface area is 123 Å². The molecule has 0 spiro atoms. The fourth-order valence-corrected chi connectivity index (χ4v) is 2.45. The number of nitrogens with zero attached hydrogens (tertiary/aromatic N) is 1. The van der Waals surface area contributed by atoms with E-state index in [2.05, 4.69) is 17.5 Å². The number of rotatable bonds is 4. The molecule has 0 amide bonds. The largest absolute Gasteiger partial charge is 0.545 e. The van der Waals surface area contributed by atoms with Crippen LogP contribution in [0.15, 0.2) is 23.3 Å². The summed E-state index contributed by atoms with van der Waals surface area (Å²) >= 11 is 5.78. The predicted molar refractivity (Wildman–Crippen MR) is 77.3 cm³/mol. The molecule has 0 aromatic heterocycles. The Kier molecular flexibility index (Phi) is 4.98. The number of halogens is 1. The van der Waals surface area contributed by atoms with Gasteiger partial charge in [-0.25, -0.2) is 0 Å². The lowest BCUT2D eigenvalue weighted by atomic mass is 10.1. The Bertz CT molecular complexity index is 521. The van der Waals surface area contributed by atoms with Gasteiger partial charge in [0, 0.05) is 29.1 Å². The van der Waals surface area contributed by atoms with Crippen molar-refractivity contribution < 1.29 is 14.8 Å². The maximum absolute atomic E-state index is 10.9. The molecule has 0 bridgehead atoms. The van der Waals surface area contributed by atoms with Gasteiger partial charge in [0.1, 0.15) is 0 Å². The van der Waals surface area contributed by atoms with Crippen LogP contribution in [0, 0.1) is 0 Å². The molecule has 1 fully saturated rings. The number of piperidine rings is 1. The highest BCUT2D eigenvalue weighted by Gasteiger charge is 2.16. The highest BCUT2D eigenvalue weighted by molar-refractivity contribution is 6.33. The lowest BCUT2D eigenvalue weighted by Gasteiger charge is -2.23. The summed E-state index contributed by atoms with van der Waals surface area (Å²) < 4.78 is 0. The number of aromatic carboxylic acids is 1. The Morgan fingerprint density at radius 3 is 2.75 bits per heavy atom. The quantitative estimate of drug-likeness (QED) is 0.778. The summed E-state index contributed by atoms with van der Waals surface area (Å²) in [6, 6.07) is 4.67. The van der Waals surface area contributed by atoms with E-state index in [1.54, 1.807) is 11.0 Å². The van der Waals surface area contributed by atoms with Gasteiger partial charge in [-0.3, -0.25) is 5.43 Å². The summed E-state index contributed by atoms with van der Waals surface area (Å²) in [5.41, 5.74) is 4.59. The van der Waals surface area contributed by atoms with Gasteiger partial charge in [-0.05, 0) is 25.1 Å². The van der Waals surface area contributed by atoms with Gasteiger partial charge in [0.05, 0.1) is 31.3 Å². The zero-order chi connectivity index (χ0) is 14.5. The van der Waals surface area contributed by atoms with E-state index < -0.39 is 5.97 Å². The first-order valence-corrected chi connectivity index (χ1v) is 7.14. The third-order valence-electron chi connectivity index (χ3n) is 3.56. The number of hydrogen-bond acceptors (Lipinski definition) is 4.